The van der Waals surface area contributed by atoms with E-state index in [2.05, 4.69) is 5.32 Å². The van der Waals surface area contributed by atoms with Gasteiger partial charge in [-0.05, 0) is 5.92 Å². The van der Waals surface area contributed by atoms with Gasteiger partial charge in [-0.2, -0.15) is 0 Å². The Morgan fingerprint density at radius 2 is 1.95 bits per heavy atom. The van der Waals surface area contributed by atoms with Crippen LogP contribution in [-0.2, 0) is 9.53 Å². The van der Waals surface area contributed by atoms with Crippen LogP contribution in [0.25, 0.3) is 0 Å². The summed E-state index contributed by atoms with van der Waals surface area (Å²) >= 11 is 0. The Balaban J connectivity index is 0. The molecule has 0 aromatic rings. The summed E-state index contributed by atoms with van der Waals surface area (Å²) < 4.78 is 5.39. The third-order valence-corrected chi connectivity index (χ3v) is 3.19. The number of carbonyl (C=O) groups is 1. The number of nitrogens with one attached hydrogen (secondary N) is 1. The smallest absolute Gasteiger partial charge is 0.853 e. The van der Waals surface area contributed by atoms with Crippen molar-refractivity contribution >= 4 is 5.91 Å². The number of rotatable bonds is 4. The number of hydrogen-bond donors (Lipinski definition) is 2. The zero-order valence-corrected chi connectivity index (χ0v) is 16.1. The molecular formula is C11H19NNa2O5. The van der Waals surface area contributed by atoms with Gasteiger partial charge in [0, 0.05) is 19.1 Å². The Hall–Kier alpha value is 1.31. The van der Waals surface area contributed by atoms with Crippen LogP contribution >= 0.6 is 0 Å². The minimum Gasteiger partial charge on any atom is -0.853 e. The van der Waals surface area contributed by atoms with E-state index in [-0.39, 0.29) is 71.6 Å². The molecule has 0 radical (unpaired) electrons. The van der Waals surface area contributed by atoms with Gasteiger partial charge in [-0.25, -0.2) is 0 Å². The van der Waals surface area contributed by atoms with Gasteiger partial charge in [-0.15, -0.1) is 6.61 Å². The fourth-order valence-electron chi connectivity index (χ4n) is 2.32. The van der Waals surface area contributed by atoms with E-state index in [9.17, 15) is 15.0 Å². The molecule has 1 rings (SSSR count). The average Bonchev–Trinajstić information content (AvgIpc) is 2.30. The van der Waals surface area contributed by atoms with Crippen molar-refractivity contribution in [1.29, 1.82) is 0 Å². The van der Waals surface area contributed by atoms with Gasteiger partial charge in [0.2, 0.25) is 5.91 Å². The minimum absolute atomic E-state index is 0. The van der Waals surface area contributed by atoms with Crippen molar-refractivity contribution in [2.24, 2.45) is 5.92 Å². The van der Waals surface area contributed by atoms with Crippen LogP contribution in [0.5, 0.6) is 0 Å². The van der Waals surface area contributed by atoms with E-state index in [1.807, 2.05) is 6.92 Å². The third-order valence-electron chi connectivity index (χ3n) is 3.19. The van der Waals surface area contributed by atoms with E-state index in [0.29, 0.717) is 6.42 Å². The van der Waals surface area contributed by atoms with E-state index in [1.165, 1.54) is 6.92 Å². The van der Waals surface area contributed by atoms with E-state index >= 15 is 0 Å². The summed E-state index contributed by atoms with van der Waals surface area (Å²) in [6, 6.07) is -0.773. The summed E-state index contributed by atoms with van der Waals surface area (Å²) in [4.78, 5) is 11.0. The summed E-state index contributed by atoms with van der Waals surface area (Å²) in [7, 11) is 0. The van der Waals surface area contributed by atoms with Crippen LogP contribution in [0, 0.1) is 5.92 Å². The van der Waals surface area contributed by atoms with E-state index < -0.39 is 36.9 Å². The third kappa shape index (κ3) is 5.90. The molecule has 2 N–H and O–H groups in total. The van der Waals surface area contributed by atoms with Gasteiger partial charge in [0.05, 0.1) is 12.7 Å². The second-order valence-corrected chi connectivity index (χ2v) is 4.33. The number of hydrogen-bond acceptors (Lipinski definition) is 5. The summed E-state index contributed by atoms with van der Waals surface area (Å²) in [6.45, 7) is 2.24. The molecule has 100 valence electrons. The predicted octanol–water partition coefficient (Wildman–Crippen LogP) is -8.63. The molecule has 6 nitrogen and oxygen atoms in total. The first-order valence-corrected chi connectivity index (χ1v) is 5.82. The molecule has 5 unspecified atom stereocenters. The molecule has 0 bridgehead atoms. The van der Waals surface area contributed by atoms with Crippen molar-refractivity contribution in [2.75, 3.05) is 13.2 Å². The van der Waals surface area contributed by atoms with Crippen molar-refractivity contribution in [1.82, 2.24) is 5.32 Å². The first kappa shape index (κ1) is 22.6. The number of ether oxygens (including phenoxy) is 1. The van der Waals surface area contributed by atoms with Crippen LogP contribution in [0.4, 0.5) is 0 Å². The zero-order valence-electron chi connectivity index (χ0n) is 12.1. The Morgan fingerprint density at radius 3 is 2.32 bits per heavy atom. The van der Waals surface area contributed by atoms with E-state index in [4.69, 9.17) is 9.84 Å². The van der Waals surface area contributed by atoms with Crippen molar-refractivity contribution in [2.45, 2.75) is 44.6 Å². The fourth-order valence-corrected chi connectivity index (χ4v) is 2.32. The predicted molar refractivity (Wildman–Crippen MR) is 55.8 cm³/mol. The molecule has 1 aliphatic heterocycles. The van der Waals surface area contributed by atoms with E-state index in [0.717, 1.165) is 0 Å². The van der Waals surface area contributed by atoms with Crippen molar-refractivity contribution in [3.8, 4) is 0 Å². The number of carbonyl (C=O) groups excluding carboxylic acids is 1. The minimum atomic E-state index is -1.12. The molecule has 1 aliphatic rings. The molecule has 1 fully saturated rings. The van der Waals surface area contributed by atoms with Gasteiger partial charge < -0.3 is 25.4 Å². The first-order valence-electron chi connectivity index (χ1n) is 5.82. The van der Waals surface area contributed by atoms with Crippen LogP contribution in [0.1, 0.15) is 20.3 Å². The fraction of sp³-hybridized carbons (Fsp3) is 0.909. The summed E-state index contributed by atoms with van der Waals surface area (Å²) in [6.07, 6.45) is -2.06. The molecule has 0 aliphatic carbocycles. The normalized spacial score (nSPS) is 33.8. The van der Waals surface area contributed by atoms with Gasteiger partial charge in [0.25, 0.3) is 0 Å². The Morgan fingerprint density at radius 1 is 1.37 bits per heavy atom. The molecule has 19 heavy (non-hydrogen) atoms. The number of aliphatic hydroxyl groups excluding tert-OH is 1. The molecule has 1 amide bonds. The van der Waals surface area contributed by atoms with Gasteiger partial charge in [0.1, 0.15) is 0 Å². The van der Waals surface area contributed by atoms with Crippen molar-refractivity contribution in [3.63, 3.8) is 0 Å². The standard InChI is InChI=1S/C11H19NO5.2Na/c1-3-7-8(4-13)17-9(5-14)10(11(7)16)12-6(2)15;;/h7-11,14H,3-5H2,1-2H3,(H,12,15);;/q-2;2*+1. The molecule has 0 saturated carbocycles. The Kier molecular flexibility index (Phi) is 13.0. The largest absolute Gasteiger partial charge is 1.00 e. The SMILES string of the molecule is CCC1C(C[O-])OC(CO)C(NC(C)=O)C1[O-].[Na+].[Na+]. The van der Waals surface area contributed by atoms with Gasteiger partial charge in [-0.3, -0.25) is 4.79 Å². The summed E-state index contributed by atoms with van der Waals surface area (Å²) in [5, 5.41) is 34.8. The first-order chi connectivity index (χ1) is 8.04. The van der Waals surface area contributed by atoms with Crippen LogP contribution < -0.4 is 74.6 Å². The quantitative estimate of drug-likeness (QED) is 0.501. The van der Waals surface area contributed by atoms with E-state index in [1.54, 1.807) is 0 Å². The van der Waals surface area contributed by atoms with Gasteiger partial charge in [0.15, 0.2) is 0 Å². The molecule has 8 heteroatoms. The Labute approximate surface area is 157 Å². The van der Waals surface area contributed by atoms with Gasteiger partial charge in [-0.1, -0.05) is 19.4 Å². The summed E-state index contributed by atoms with van der Waals surface area (Å²) in [5.41, 5.74) is 0. The molecule has 0 aromatic heterocycles. The molecule has 0 aromatic carbocycles. The maximum absolute atomic E-state index is 12.2. The number of aliphatic hydroxyl groups is 1. The maximum Gasteiger partial charge on any atom is 1.00 e. The molecule has 1 saturated heterocycles. The Bertz CT molecular complexity index is 269. The van der Waals surface area contributed by atoms with Crippen molar-refractivity contribution in [3.05, 3.63) is 0 Å². The van der Waals surface area contributed by atoms with Crippen LogP contribution in [0.15, 0.2) is 0 Å². The van der Waals surface area contributed by atoms with Crippen LogP contribution in [0.3, 0.4) is 0 Å². The molecular weight excluding hydrogens is 272 g/mol. The van der Waals surface area contributed by atoms with Crippen molar-refractivity contribution < 1.29 is 84.0 Å². The maximum atomic E-state index is 12.2. The monoisotopic (exact) mass is 291 g/mol. The zero-order chi connectivity index (χ0) is 13.0. The summed E-state index contributed by atoms with van der Waals surface area (Å²) in [5.74, 6) is -0.763. The molecule has 0 spiro atoms. The van der Waals surface area contributed by atoms with Crippen LogP contribution in [0.2, 0.25) is 0 Å². The second-order valence-electron chi connectivity index (χ2n) is 4.33. The molecule has 5 atom stereocenters. The second kappa shape index (κ2) is 11.0. The topological polar surface area (TPSA) is 105 Å². The number of amides is 1. The average molecular weight is 291 g/mol. The molecule has 1 heterocycles. The van der Waals surface area contributed by atoms with Gasteiger partial charge >= 0.3 is 59.1 Å². The van der Waals surface area contributed by atoms with Crippen LogP contribution in [-0.4, -0.2) is 48.6 Å².